The summed E-state index contributed by atoms with van der Waals surface area (Å²) in [5.74, 6) is 1.29. The lowest BCUT2D eigenvalue weighted by Gasteiger charge is -2.28. The molecule has 0 radical (unpaired) electrons. The van der Waals surface area contributed by atoms with E-state index in [1.165, 1.54) is 0 Å². The molecule has 30 heavy (non-hydrogen) atoms. The number of unbranched alkanes of at least 4 members (excludes halogenated alkanes) is 2. The maximum atomic E-state index is 13.1. The van der Waals surface area contributed by atoms with E-state index in [2.05, 4.69) is 5.32 Å². The van der Waals surface area contributed by atoms with Gasteiger partial charge in [-0.3, -0.25) is 9.59 Å². The molecule has 0 spiro atoms. The van der Waals surface area contributed by atoms with Crippen LogP contribution in [-0.2, 0) is 16.0 Å². The number of ether oxygens (including phenoxy) is 2. The van der Waals surface area contributed by atoms with E-state index in [0.29, 0.717) is 37.4 Å². The number of carbonyl (C=O) groups excluding carboxylic acids is 2. The lowest BCUT2D eigenvalue weighted by Crippen LogP contribution is -2.51. The molecule has 0 bridgehead atoms. The molecule has 7 nitrogen and oxygen atoms in total. The number of nitrogens with two attached hydrogens (primary N) is 1. The second-order valence-corrected chi connectivity index (χ2v) is 7.73. The summed E-state index contributed by atoms with van der Waals surface area (Å²) in [6, 6.07) is 5.25. The van der Waals surface area contributed by atoms with Crippen LogP contribution in [0.15, 0.2) is 18.2 Å². The third kappa shape index (κ3) is 8.22. The van der Waals surface area contributed by atoms with Gasteiger partial charge in [-0.15, -0.1) is 0 Å². The molecule has 2 amide bonds. The Kier molecular flexibility index (Phi) is 11.9. The van der Waals surface area contributed by atoms with Crippen molar-refractivity contribution < 1.29 is 19.1 Å². The molecule has 0 aliphatic rings. The van der Waals surface area contributed by atoms with Crippen molar-refractivity contribution in [1.29, 1.82) is 0 Å². The summed E-state index contributed by atoms with van der Waals surface area (Å²) in [4.78, 5) is 27.1. The summed E-state index contributed by atoms with van der Waals surface area (Å²) in [6.07, 6.45) is 4.56. The zero-order valence-electron chi connectivity index (χ0n) is 19.2. The van der Waals surface area contributed by atoms with Crippen molar-refractivity contribution in [1.82, 2.24) is 10.2 Å². The van der Waals surface area contributed by atoms with Crippen molar-refractivity contribution >= 4 is 11.8 Å². The van der Waals surface area contributed by atoms with Crippen LogP contribution in [0.3, 0.4) is 0 Å². The number of hydrogen-bond donors (Lipinski definition) is 2. The fourth-order valence-electron chi connectivity index (χ4n) is 3.22. The molecule has 3 N–H and O–H groups in total. The molecule has 0 aliphatic carbocycles. The summed E-state index contributed by atoms with van der Waals surface area (Å²) in [5, 5.41) is 2.96. The van der Waals surface area contributed by atoms with E-state index in [1.807, 2.05) is 32.0 Å². The highest BCUT2D eigenvalue weighted by molar-refractivity contribution is 5.87. The highest BCUT2D eigenvalue weighted by Crippen LogP contribution is 2.27. The van der Waals surface area contributed by atoms with E-state index in [1.54, 1.807) is 26.2 Å². The highest BCUT2D eigenvalue weighted by atomic mass is 16.5. The van der Waals surface area contributed by atoms with Crippen LogP contribution in [0.2, 0.25) is 0 Å². The molecule has 0 saturated carbocycles. The van der Waals surface area contributed by atoms with Crippen LogP contribution in [-0.4, -0.2) is 57.1 Å². The molecule has 7 heteroatoms. The summed E-state index contributed by atoms with van der Waals surface area (Å²) >= 11 is 0. The predicted octanol–water partition coefficient (Wildman–Crippen LogP) is 2.75. The third-order valence-electron chi connectivity index (χ3n) is 5.46. The number of carbonyl (C=O) groups is 2. The number of hydrogen-bond acceptors (Lipinski definition) is 5. The number of methoxy groups -OCH3 is 2. The first-order valence-electron chi connectivity index (χ1n) is 10.8. The van der Waals surface area contributed by atoms with Gasteiger partial charge < -0.3 is 25.4 Å². The number of likely N-dealkylation sites (N-methyl/N-ethyl adjacent to an activating group) is 1. The Morgan fingerprint density at radius 3 is 2.43 bits per heavy atom. The molecule has 0 fully saturated rings. The fraction of sp³-hybridized carbons (Fsp3) is 0.652. The van der Waals surface area contributed by atoms with Gasteiger partial charge in [0.2, 0.25) is 11.8 Å². The van der Waals surface area contributed by atoms with Crippen molar-refractivity contribution in [2.75, 3.05) is 34.4 Å². The fourth-order valence-corrected chi connectivity index (χ4v) is 3.22. The van der Waals surface area contributed by atoms with Crippen LogP contribution in [0.25, 0.3) is 0 Å². The summed E-state index contributed by atoms with van der Waals surface area (Å²) < 4.78 is 10.6. The molecule has 0 heterocycles. The van der Waals surface area contributed by atoms with Crippen LogP contribution < -0.4 is 20.5 Å². The van der Waals surface area contributed by atoms with Gasteiger partial charge in [0.15, 0.2) is 11.5 Å². The first kappa shape index (κ1) is 25.8. The minimum absolute atomic E-state index is 0.0554. The topological polar surface area (TPSA) is 93.9 Å². The van der Waals surface area contributed by atoms with Crippen LogP contribution in [0.5, 0.6) is 11.5 Å². The summed E-state index contributed by atoms with van der Waals surface area (Å²) in [6.45, 7) is 5.22. The maximum absolute atomic E-state index is 13.1. The molecule has 170 valence electrons. The Morgan fingerprint density at radius 1 is 1.13 bits per heavy atom. The Bertz CT molecular complexity index is 666. The maximum Gasteiger partial charge on any atom is 0.245 e. The first-order valence-corrected chi connectivity index (χ1v) is 10.8. The lowest BCUT2D eigenvalue weighted by molar-refractivity contribution is -0.136. The second kappa shape index (κ2) is 13.9. The van der Waals surface area contributed by atoms with E-state index in [-0.39, 0.29) is 17.7 Å². The zero-order valence-corrected chi connectivity index (χ0v) is 19.2. The van der Waals surface area contributed by atoms with E-state index in [9.17, 15) is 9.59 Å². The number of nitrogens with zero attached hydrogens (tertiary/aromatic N) is 1. The van der Waals surface area contributed by atoms with Crippen LogP contribution in [0.4, 0.5) is 0 Å². The van der Waals surface area contributed by atoms with Crippen molar-refractivity contribution in [2.45, 2.75) is 58.4 Å². The molecule has 2 unspecified atom stereocenters. The van der Waals surface area contributed by atoms with Gasteiger partial charge in [-0.2, -0.15) is 0 Å². The van der Waals surface area contributed by atoms with E-state index in [0.717, 1.165) is 31.2 Å². The van der Waals surface area contributed by atoms with Crippen molar-refractivity contribution in [3.8, 4) is 11.5 Å². The third-order valence-corrected chi connectivity index (χ3v) is 5.46. The van der Waals surface area contributed by atoms with Crippen LogP contribution in [0.1, 0.15) is 51.5 Å². The Balaban J connectivity index is 2.69. The average molecular weight is 422 g/mol. The smallest absolute Gasteiger partial charge is 0.245 e. The molecule has 0 aliphatic heterocycles. The van der Waals surface area contributed by atoms with Gasteiger partial charge in [-0.25, -0.2) is 0 Å². The lowest BCUT2D eigenvalue weighted by atomic mass is 9.97. The number of nitrogens with one attached hydrogen (secondary N) is 1. The summed E-state index contributed by atoms with van der Waals surface area (Å²) in [7, 11) is 4.99. The molecule has 0 saturated heterocycles. The normalized spacial score (nSPS) is 12.7. The number of amides is 2. The van der Waals surface area contributed by atoms with Gasteiger partial charge in [0, 0.05) is 20.0 Å². The van der Waals surface area contributed by atoms with Gasteiger partial charge in [0.05, 0.1) is 14.2 Å². The predicted molar refractivity (Wildman–Crippen MR) is 120 cm³/mol. The van der Waals surface area contributed by atoms with E-state index >= 15 is 0 Å². The molecule has 1 aromatic rings. The standard InChI is InChI=1S/C23H39N3O4/c1-6-17(2)22(25-21(27)10-8-7-9-14-24)23(28)26(3)15-13-18-11-12-19(29-4)20(16-18)30-5/h11-12,16-17,22H,6-10,13-15,24H2,1-5H3,(H,25,27). The van der Waals surface area contributed by atoms with Gasteiger partial charge >= 0.3 is 0 Å². The van der Waals surface area contributed by atoms with Gasteiger partial charge in [0.25, 0.3) is 0 Å². The van der Waals surface area contributed by atoms with Gasteiger partial charge in [0.1, 0.15) is 6.04 Å². The first-order chi connectivity index (χ1) is 14.4. The van der Waals surface area contributed by atoms with Crippen molar-refractivity contribution in [3.63, 3.8) is 0 Å². The van der Waals surface area contributed by atoms with Gasteiger partial charge in [-0.05, 0) is 49.4 Å². The zero-order chi connectivity index (χ0) is 22.5. The molecule has 2 atom stereocenters. The summed E-state index contributed by atoms with van der Waals surface area (Å²) in [5.41, 5.74) is 6.55. The van der Waals surface area contributed by atoms with Crippen molar-refractivity contribution in [2.24, 2.45) is 11.7 Å². The minimum atomic E-state index is -0.507. The highest BCUT2D eigenvalue weighted by Gasteiger charge is 2.28. The molecule has 1 rings (SSSR count). The second-order valence-electron chi connectivity index (χ2n) is 7.73. The van der Waals surface area contributed by atoms with E-state index in [4.69, 9.17) is 15.2 Å². The minimum Gasteiger partial charge on any atom is -0.493 e. The SMILES string of the molecule is CCC(C)C(NC(=O)CCCCCN)C(=O)N(C)CCc1ccc(OC)c(OC)c1. The molecule has 0 aromatic heterocycles. The van der Waals surface area contributed by atoms with Crippen molar-refractivity contribution in [3.05, 3.63) is 23.8 Å². The average Bonchev–Trinajstić information content (AvgIpc) is 2.77. The number of rotatable bonds is 14. The Hall–Kier alpha value is -2.28. The monoisotopic (exact) mass is 421 g/mol. The van der Waals surface area contributed by atoms with Gasteiger partial charge in [-0.1, -0.05) is 32.8 Å². The Morgan fingerprint density at radius 2 is 1.83 bits per heavy atom. The largest absolute Gasteiger partial charge is 0.493 e. The molecular formula is C23H39N3O4. The number of benzene rings is 1. The van der Waals surface area contributed by atoms with Crippen LogP contribution >= 0.6 is 0 Å². The Labute approximate surface area is 181 Å². The quantitative estimate of drug-likeness (QED) is 0.451. The van der Waals surface area contributed by atoms with Crippen LogP contribution in [0, 0.1) is 5.92 Å². The molecular weight excluding hydrogens is 382 g/mol. The van der Waals surface area contributed by atoms with E-state index < -0.39 is 6.04 Å². The molecule has 1 aromatic carbocycles.